The quantitative estimate of drug-likeness (QED) is 0.577. The number of fused-ring (bicyclic) bond motifs is 1. The molecule has 2 aromatic carbocycles. The van der Waals surface area contributed by atoms with Crippen LogP contribution >= 0.6 is 11.3 Å². The molecule has 0 bridgehead atoms. The molecule has 0 fully saturated rings. The molecular weight excluding hydrogens is 434 g/mol. The van der Waals surface area contributed by atoms with E-state index in [0.29, 0.717) is 23.8 Å². The lowest BCUT2D eigenvalue weighted by molar-refractivity contribution is -0.116. The third-order valence-electron chi connectivity index (χ3n) is 5.24. The molecular formula is C23H23NO5S2. The summed E-state index contributed by atoms with van der Waals surface area (Å²) in [7, 11) is -2.20. The van der Waals surface area contributed by atoms with Crippen LogP contribution in [0.5, 0.6) is 11.5 Å². The number of carbonyl (C=O) groups excluding carboxylic acids is 1. The molecule has 4 rings (SSSR count). The highest BCUT2D eigenvalue weighted by Gasteiger charge is 2.34. The van der Waals surface area contributed by atoms with Gasteiger partial charge in [-0.1, -0.05) is 18.2 Å². The summed E-state index contributed by atoms with van der Waals surface area (Å²) in [6.45, 7) is 4.25. The molecule has 0 aliphatic carbocycles. The molecule has 1 N–H and O–H groups in total. The minimum absolute atomic E-state index is 0.133. The third kappa shape index (κ3) is 3.93. The number of aryl methyl sites for hydroxylation is 1. The molecule has 1 aromatic heterocycles. The van der Waals surface area contributed by atoms with E-state index < -0.39 is 9.84 Å². The first-order valence-electron chi connectivity index (χ1n) is 9.89. The van der Waals surface area contributed by atoms with Crippen molar-refractivity contribution in [3.8, 4) is 11.5 Å². The highest BCUT2D eigenvalue weighted by atomic mass is 32.2. The molecule has 8 heteroatoms. The monoisotopic (exact) mass is 457 g/mol. The van der Waals surface area contributed by atoms with E-state index in [0.717, 1.165) is 16.0 Å². The van der Waals surface area contributed by atoms with Gasteiger partial charge in [-0.25, -0.2) is 8.42 Å². The molecule has 2 heterocycles. The van der Waals surface area contributed by atoms with Gasteiger partial charge in [-0.15, -0.1) is 11.3 Å². The summed E-state index contributed by atoms with van der Waals surface area (Å²) in [5.41, 5.74) is 2.10. The van der Waals surface area contributed by atoms with Crippen LogP contribution in [0.2, 0.25) is 0 Å². The Balaban J connectivity index is 1.79. The second-order valence-electron chi connectivity index (χ2n) is 7.31. The minimum Gasteiger partial charge on any atom is -0.493 e. The van der Waals surface area contributed by atoms with E-state index in [4.69, 9.17) is 9.47 Å². The normalized spacial score (nSPS) is 15.8. The Labute approximate surface area is 185 Å². The minimum atomic E-state index is -3.76. The Morgan fingerprint density at radius 2 is 1.97 bits per heavy atom. The second-order valence-corrected chi connectivity index (χ2v) is 10.1. The topological polar surface area (TPSA) is 81.7 Å². The van der Waals surface area contributed by atoms with Gasteiger partial charge in [0, 0.05) is 22.6 Å². The van der Waals surface area contributed by atoms with Gasteiger partial charge in [0.2, 0.25) is 15.7 Å². The lowest BCUT2D eigenvalue weighted by atomic mass is 9.90. The number of sulfone groups is 1. The molecule has 1 amide bonds. The van der Waals surface area contributed by atoms with E-state index >= 15 is 0 Å². The molecule has 162 valence electrons. The van der Waals surface area contributed by atoms with Crippen molar-refractivity contribution >= 4 is 32.8 Å². The molecule has 1 atom stereocenters. The number of thiophene rings is 1. The van der Waals surface area contributed by atoms with Crippen LogP contribution in [0.3, 0.4) is 0 Å². The van der Waals surface area contributed by atoms with Crippen LogP contribution in [-0.2, 0) is 14.6 Å². The molecule has 1 aliphatic heterocycles. The van der Waals surface area contributed by atoms with E-state index in [1.54, 1.807) is 30.7 Å². The summed E-state index contributed by atoms with van der Waals surface area (Å²) in [6, 6.07) is 12.3. The predicted molar refractivity (Wildman–Crippen MR) is 120 cm³/mol. The number of benzene rings is 2. The Kier molecular flexibility index (Phi) is 5.77. The maximum absolute atomic E-state index is 13.3. The smallest absolute Gasteiger partial charge is 0.225 e. The van der Waals surface area contributed by atoms with Gasteiger partial charge in [0.1, 0.15) is 4.90 Å². The summed E-state index contributed by atoms with van der Waals surface area (Å²) >= 11 is 1.34. The summed E-state index contributed by atoms with van der Waals surface area (Å²) in [5, 5.41) is 4.41. The van der Waals surface area contributed by atoms with Crippen molar-refractivity contribution in [2.24, 2.45) is 0 Å². The van der Waals surface area contributed by atoms with Crippen molar-refractivity contribution in [3.05, 3.63) is 63.8 Å². The zero-order chi connectivity index (χ0) is 22.2. The predicted octanol–water partition coefficient (Wildman–Crippen LogP) is 4.77. The zero-order valence-electron chi connectivity index (χ0n) is 17.5. The lowest BCUT2D eigenvalue weighted by Gasteiger charge is -2.24. The average Bonchev–Trinajstić information content (AvgIpc) is 3.18. The van der Waals surface area contributed by atoms with Gasteiger partial charge in [0.05, 0.1) is 24.3 Å². The van der Waals surface area contributed by atoms with Crippen LogP contribution in [0.15, 0.2) is 57.6 Å². The number of carbonyl (C=O) groups is 1. The van der Waals surface area contributed by atoms with Crippen molar-refractivity contribution < 1.29 is 22.7 Å². The maximum Gasteiger partial charge on any atom is 0.225 e. The van der Waals surface area contributed by atoms with E-state index in [9.17, 15) is 13.2 Å². The fourth-order valence-electron chi connectivity index (χ4n) is 3.76. The molecule has 6 nitrogen and oxygen atoms in total. The van der Waals surface area contributed by atoms with Crippen molar-refractivity contribution in [3.63, 3.8) is 0 Å². The lowest BCUT2D eigenvalue weighted by Crippen LogP contribution is -2.23. The molecule has 3 aromatic rings. The van der Waals surface area contributed by atoms with Crippen LogP contribution in [0.1, 0.15) is 35.3 Å². The summed E-state index contributed by atoms with van der Waals surface area (Å²) in [4.78, 5) is 13.7. The number of hydrogen-bond donors (Lipinski definition) is 1. The third-order valence-corrected chi connectivity index (χ3v) is 8.26. The average molecular weight is 458 g/mol. The number of rotatable bonds is 6. The largest absolute Gasteiger partial charge is 0.493 e. The van der Waals surface area contributed by atoms with E-state index in [1.165, 1.54) is 11.3 Å². The molecule has 0 saturated heterocycles. The molecule has 0 unspecified atom stereocenters. The fourth-order valence-corrected chi connectivity index (χ4v) is 6.77. The Morgan fingerprint density at radius 1 is 1.16 bits per heavy atom. The van der Waals surface area contributed by atoms with Gasteiger partial charge in [0.25, 0.3) is 0 Å². The van der Waals surface area contributed by atoms with Gasteiger partial charge in [-0.3, -0.25) is 4.79 Å². The van der Waals surface area contributed by atoms with Crippen LogP contribution in [0.25, 0.3) is 0 Å². The van der Waals surface area contributed by atoms with Crippen molar-refractivity contribution in [2.75, 3.05) is 19.0 Å². The van der Waals surface area contributed by atoms with Gasteiger partial charge in [-0.2, -0.15) is 0 Å². The number of anilines is 1. The first kappa shape index (κ1) is 21.4. The maximum atomic E-state index is 13.3. The van der Waals surface area contributed by atoms with Gasteiger partial charge in [-0.05, 0) is 49.2 Å². The molecule has 1 aliphatic rings. The zero-order valence-corrected chi connectivity index (χ0v) is 19.1. The Morgan fingerprint density at radius 3 is 2.68 bits per heavy atom. The van der Waals surface area contributed by atoms with Crippen LogP contribution in [0, 0.1) is 6.92 Å². The molecule has 0 spiro atoms. The Bertz CT molecular complexity index is 1250. The first-order valence-corrected chi connectivity index (χ1v) is 12.2. The second kappa shape index (κ2) is 8.36. The summed E-state index contributed by atoms with van der Waals surface area (Å²) < 4.78 is 37.7. The first-order chi connectivity index (χ1) is 14.8. The van der Waals surface area contributed by atoms with Gasteiger partial charge < -0.3 is 14.8 Å². The number of amides is 1. The molecule has 31 heavy (non-hydrogen) atoms. The highest BCUT2D eigenvalue weighted by Crippen LogP contribution is 2.47. The standard InChI is InChI=1S/C23H23NO5S2/c1-4-29-18-9-8-15(11-19(18)28-3)17-12-21(25)24-22-20(13-30-23(17)22)31(26,27)16-7-5-6-14(2)10-16/h5-11,13,17H,4,12H2,1-3H3,(H,24,25)/t17-/m1/s1. The number of hydrogen-bond acceptors (Lipinski definition) is 6. The van der Waals surface area contributed by atoms with Crippen LogP contribution < -0.4 is 14.8 Å². The number of nitrogens with one attached hydrogen (secondary N) is 1. The number of ether oxygens (including phenoxy) is 2. The van der Waals surface area contributed by atoms with E-state index in [1.807, 2.05) is 38.1 Å². The van der Waals surface area contributed by atoms with E-state index in [2.05, 4.69) is 5.32 Å². The van der Waals surface area contributed by atoms with Crippen LogP contribution in [0.4, 0.5) is 5.69 Å². The fraction of sp³-hybridized carbons (Fsp3) is 0.261. The van der Waals surface area contributed by atoms with Crippen molar-refractivity contribution in [1.29, 1.82) is 0 Å². The van der Waals surface area contributed by atoms with Gasteiger partial charge >= 0.3 is 0 Å². The SMILES string of the molecule is CCOc1ccc([C@H]2CC(=O)Nc3c(S(=O)(=O)c4cccc(C)c4)csc32)cc1OC. The van der Waals surface area contributed by atoms with Gasteiger partial charge in [0.15, 0.2) is 11.5 Å². The van der Waals surface area contributed by atoms with Crippen molar-refractivity contribution in [2.45, 2.75) is 36.0 Å². The molecule has 0 radical (unpaired) electrons. The van der Waals surface area contributed by atoms with E-state index in [-0.39, 0.29) is 28.0 Å². The molecule has 0 saturated carbocycles. The summed E-state index contributed by atoms with van der Waals surface area (Å²) in [6.07, 6.45) is 0.231. The highest BCUT2D eigenvalue weighted by molar-refractivity contribution is 7.91. The number of methoxy groups -OCH3 is 1. The van der Waals surface area contributed by atoms with Crippen LogP contribution in [-0.4, -0.2) is 28.0 Å². The summed E-state index contributed by atoms with van der Waals surface area (Å²) in [5.74, 6) is 0.725. The van der Waals surface area contributed by atoms with Crippen molar-refractivity contribution in [1.82, 2.24) is 0 Å². The Hall–Kier alpha value is -2.84.